The fourth-order valence-corrected chi connectivity index (χ4v) is 4.06. The Morgan fingerprint density at radius 2 is 1.77 bits per heavy atom. The first-order valence-corrected chi connectivity index (χ1v) is 12.0. The minimum Gasteiger partial charge on any atom is -0.380 e. The molecule has 0 spiro atoms. The molecule has 0 bridgehead atoms. The molecule has 1 aliphatic heterocycles. The maximum Gasteiger partial charge on any atom is 0.423 e. The number of aromatic amines is 1. The lowest BCUT2D eigenvalue weighted by atomic mass is 9.95. The predicted molar refractivity (Wildman–Crippen MR) is 125 cm³/mol. The molecule has 2 N–H and O–H groups in total. The lowest BCUT2D eigenvalue weighted by molar-refractivity contribution is -0.139. The molecule has 2 aromatic rings. The Morgan fingerprint density at radius 3 is 2.33 bits per heavy atom. The molecule has 10 nitrogen and oxygen atoms in total. The monoisotopic (exact) mass is 566 g/mol. The number of H-pyrrole nitrogens is 1. The van der Waals surface area contributed by atoms with Crippen LogP contribution in [0.2, 0.25) is 0 Å². The van der Waals surface area contributed by atoms with E-state index in [0.717, 1.165) is 18.6 Å². The number of halogens is 6. The number of nitrogens with one attached hydrogen (secondary N) is 2. The zero-order chi connectivity index (χ0) is 28.8. The van der Waals surface area contributed by atoms with Crippen LogP contribution in [0.1, 0.15) is 49.1 Å². The van der Waals surface area contributed by atoms with Crippen molar-refractivity contribution in [3.8, 4) is 0 Å². The van der Waals surface area contributed by atoms with Gasteiger partial charge in [-0.15, -0.1) is 0 Å². The molecule has 3 rings (SSSR count). The molecule has 2 aromatic heterocycles. The Labute approximate surface area is 219 Å². The van der Waals surface area contributed by atoms with E-state index in [1.807, 2.05) is 0 Å². The summed E-state index contributed by atoms with van der Waals surface area (Å²) in [6.45, 7) is 2.20. The third kappa shape index (κ3) is 8.11. The molecular weight excluding hydrogens is 538 g/mol. The molecule has 1 fully saturated rings. The first kappa shape index (κ1) is 30.3. The number of aromatic nitrogens is 4. The normalized spacial score (nSPS) is 16.7. The predicted octanol–water partition coefficient (Wildman–Crippen LogP) is 3.23. The van der Waals surface area contributed by atoms with Gasteiger partial charge in [-0.3, -0.25) is 9.59 Å². The van der Waals surface area contributed by atoms with Crippen molar-refractivity contribution in [1.82, 2.24) is 25.1 Å². The summed E-state index contributed by atoms with van der Waals surface area (Å²) in [5.74, 6) is -0.0750. The lowest BCUT2D eigenvalue weighted by Crippen LogP contribution is -2.40. The summed E-state index contributed by atoms with van der Waals surface area (Å²) in [6, 6.07) is -0.797. The van der Waals surface area contributed by atoms with Gasteiger partial charge in [-0.2, -0.15) is 31.4 Å². The Bertz CT molecular complexity index is 1150. The summed E-state index contributed by atoms with van der Waals surface area (Å²) in [7, 11) is 1.36. The van der Waals surface area contributed by atoms with E-state index in [2.05, 4.69) is 20.4 Å². The number of nitrogens with zero attached hydrogens (tertiary/aromatic N) is 4. The number of carbonyl (C=O) groups is 1. The van der Waals surface area contributed by atoms with Crippen LogP contribution in [-0.4, -0.2) is 76.5 Å². The van der Waals surface area contributed by atoms with Crippen molar-refractivity contribution >= 4 is 11.6 Å². The number of alkyl halides is 6. The molecule has 0 saturated carbocycles. The van der Waals surface area contributed by atoms with Gasteiger partial charge in [0.2, 0.25) is 5.91 Å². The highest BCUT2D eigenvalue weighted by atomic mass is 19.4. The van der Waals surface area contributed by atoms with E-state index in [1.165, 1.54) is 7.11 Å². The van der Waals surface area contributed by atoms with Crippen LogP contribution in [0.25, 0.3) is 0 Å². The summed E-state index contributed by atoms with van der Waals surface area (Å²) in [5, 5.41) is 7.79. The lowest BCUT2D eigenvalue weighted by Gasteiger charge is -2.31. The van der Waals surface area contributed by atoms with E-state index in [-0.39, 0.29) is 31.5 Å². The topological polar surface area (TPSA) is 122 Å². The Morgan fingerprint density at radius 1 is 1.13 bits per heavy atom. The average molecular weight is 567 g/mol. The van der Waals surface area contributed by atoms with E-state index in [0.29, 0.717) is 31.8 Å². The van der Waals surface area contributed by atoms with Crippen LogP contribution >= 0.6 is 0 Å². The number of piperidine rings is 1. The van der Waals surface area contributed by atoms with Crippen molar-refractivity contribution in [2.24, 2.45) is 0 Å². The number of ether oxygens (including phenoxy) is 2. The number of rotatable bonds is 10. The van der Waals surface area contributed by atoms with Gasteiger partial charge >= 0.3 is 12.4 Å². The van der Waals surface area contributed by atoms with Gasteiger partial charge in [0, 0.05) is 38.5 Å². The average Bonchev–Trinajstić information content (AvgIpc) is 2.88. The maximum absolute atomic E-state index is 13.4. The third-order valence-electron chi connectivity index (χ3n) is 6.39. The van der Waals surface area contributed by atoms with Gasteiger partial charge in [-0.1, -0.05) is 0 Å². The molecule has 1 aliphatic rings. The fraction of sp³-hybridized carbons (Fsp3) is 0.609. The van der Waals surface area contributed by atoms with Crippen LogP contribution in [0.5, 0.6) is 0 Å². The fourth-order valence-electron chi connectivity index (χ4n) is 4.06. The number of carbonyl (C=O) groups excluding carboxylic acids is 1. The van der Waals surface area contributed by atoms with Gasteiger partial charge < -0.3 is 19.7 Å². The zero-order valence-electron chi connectivity index (χ0n) is 21.1. The first-order valence-electron chi connectivity index (χ1n) is 12.0. The van der Waals surface area contributed by atoms with Crippen LogP contribution < -0.4 is 10.9 Å². The third-order valence-corrected chi connectivity index (χ3v) is 6.39. The van der Waals surface area contributed by atoms with Crippen molar-refractivity contribution in [1.29, 1.82) is 0 Å². The second-order valence-corrected chi connectivity index (χ2v) is 8.98. The standard InChI is InChI=1S/C23H28F6N6O4/c1-13(38-2)17(33-16-11-32-34-21(37)19(16)23(27,28)29)12-39-8-5-18(36)35-6-3-14(4-7-35)20-30-9-15(10-31-20)22(24,25)26/h9-11,13-14,17H,3-8,12H2,1-2H3,(H2,33,34,37). The van der Waals surface area contributed by atoms with E-state index >= 15 is 0 Å². The molecule has 1 amide bonds. The highest BCUT2D eigenvalue weighted by Gasteiger charge is 2.38. The number of methoxy groups -OCH3 is 1. The molecule has 39 heavy (non-hydrogen) atoms. The molecule has 0 radical (unpaired) electrons. The van der Waals surface area contributed by atoms with E-state index < -0.39 is 46.9 Å². The quantitative estimate of drug-likeness (QED) is 0.332. The molecule has 216 valence electrons. The van der Waals surface area contributed by atoms with Gasteiger partial charge in [-0.25, -0.2) is 15.1 Å². The Kier molecular flexibility index (Phi) is 9.88. The first-order chi connectivity index (χ1) is 18.3. The molecule has 16 heteroatoms. The van der Waals surface area contributed by atoms with Crippen molar-refractivity contribution in [2.75, 3.05) is 38.7 Å². The smallest absolute Gasteiger partial charge is 0.380 e. The van der Waals surface area contributed by atoms with Gasteiger partial charge in [0.05, 0.1) is 49.2 Å². The SMILES string of the molecule is COC(C)C(COCCC(=O)N1CCC(c2ncc(C(F)(F)F)cn2)CC1)Nc1cn[nH]c(=O)c1C(F)(F)F. The summed E-state index contributed by atoms with van der Waals surface area (Å²) in [4.78, 5) is 33.6. The van der Waals surface area contributed by atoms with Gasteiger partial charge in [0.25, 0.3) is 5.56 Å². The van der Waals surface area contributed by atoms with Crippen molar-refractivity contribution in [3.05, 3.63) is 45.9 Å². The van der Waals surface area contributed by atoms with Crippen LogP contribution in [0.15, 0.2) is 23.4 Å². The summed E-state index contributed by atoms with van der Waals surface area (Å²) in [6.07, 6.45) is -6.72. The number of anilines is 1. The number of likely N-dealkylation sites (tertiary alicyclic amines) is 1. The molecule has 0 aromatic carbocycles. The largest absolute Gasteiger partial charge is 0.423 e. The van der Waals surface area contributed by atoms with Gasteiger partial charge in [0.15, 0.2) is 0 Å². The van der Waals surface area contributed by atoms with Crippen molar-refractivity contribution in [3.63, 3.8) is 0 Å². The number of amides is 1. The van der Waals surface area contributed by atoms with Crippen molar-refractivity contribution < 1.29 is 40.6 Å². The molecule has 2 atom stereocenters. The molecule has 1 saturated heterocycles. The minimum atomic E-state index is -4.92. The highest BCUT2D eigenvalue weighted by molar-refractivity contribution is 5.76. The van der Waals surface area contributed by atoms with Crippen molar-refractivity contribution in [2.45, 2.75) is 56.6 Å². The highest BCUT2D eigenvalue weighted by Crippen LogP contribution is 2.32. The zero-order valence-corrected chi connectivity index (χ0v) is 21.1. The maximum atomic E-state index is 13.4. The molecule has 3 heterocycles. The summed E-state index contributed by atoms with van der Waals surface area (Å²) >= 11 is 0. The van der Waals surface area contributed by atoms with Crippen LogP contribution in [-0.2, 0) is 26.6 Å². The molecule has 2 unspecified atom stereocenters. The van der Waals surface area contributed by atoms with Crippen LogP contribution in [0, 0.1) is 0 Å². The van der Waals surface area contributed by atoms with E-state index in [1.54, 1.807) is 16.9 Å². The Hall–Kier alpha value is -3.27. The summed E-state index contributed by atoms with van der Waals surface area (Å²) < 4.78 is 88.9. The molecular formula is C23H28F6N6O4. The molecule has 0 aliphatic carbocycles. The van der Waals surface area contributed by atoms with Gasteiger partial charge in [-0.05, 0) is 19.8 Å². The van der Waals surface area contributed by atoms with E-state index in [4.69, 9.17) is 9.47 Å². The number of hydrogen-bond acceptors (Lipinski definition) is 8. The van der Waals surface area contributed by atoms with Gasteiger partial charge in [0.1, 0.15) is 11.4 Å². The van der Waals surface area contributed by atoms with Crippen LogP contribution in [0.3, 0.4) is 0 Å². The second kappa shape index (κ2) is 12.7. The summed E-state index contributed by atoms with van der Waals surface area (Å²) in [5.41, 5.74) is -4.27. The Balaban J connectivity index is 1.48. The minimum absolute atomic E-state index is 0.00981. The van der Waals surface area contributed by atoms with Crippen LogP contribution in [0.4, 0.5) is 32.0 Å². The number of hydrogen-bond donors (Lipinski definition) is 2. The second-order valence-electron chi connectivity index (χ2n) is 8.98. The van der Waals surface area contributed by atoms with E-state index in [9.17, 15) is 35.9 Å².